The lowest BCUT2D eigenvalue weighted by molar-refractivity contribution is -0.143. The van der Waals surface area contributed by atoms with Crippen LogP contribution in [0.1, 0.15) is 76.5 Å². The summed E-state index contributed by atoms with van der Waals surface area (Å²) in [5.74, 6) is -0.366. The molecule has 8 rings (SSSR count). The first-order valence-corrected chi connectivity index (χ1v) is 19.7. The van der Waals surface area contributed by atoms with Crippen LogP contribution in [-0.2, 0) is 37.8 Å². The van der Waals surface area contributed by atoms with Gasteiger partial charge in [0.15, 0.2) is 5.82 Å². The topological polar surface area (TPSA) is 150 Å². The Hall–Kier alpha value is -4.75. The van der Waals surface area contributed by atoms with E-state index in [1.165, 1.54) is 0 Å². The predicted octanol–water partition coefficient (Wildman–Crippen LogP) is 6.05. The van der Waals surface area contributed by atoms with Crippen molar-refractivity contribution in [1.29, 1.82) is 0 Å². The quantitative estimate of drug-likeness (QED) is 0.154. The Morgan fingerprint density at radius 3 is 2.56 bits per heavy atom. The van der Waals surface area contributed by atoms with Crippen LogP contribution in [-0.4, -0.2) is 88.7 Å². The number of carboxylic acid groups (broad SMARTS) is 1. The number of fused-ring (bicyclic) bond motifs is 2. The minimum Gasteiger partial charge on any atom is -0.481 e. The lowest BCUT2D eigenvalue weighted by Crippen LogP contribution is -2.36. The number of hydrogen-bond donors (Lipinski definition) is 3. The van der Waals surface area contributed by atoms with E-state index in [2.05, 4.69) is 44.1 Å². The first kappa shape index (κ1) is 37.2. The number of β-amino-alcohol motifs (C(OH)–C–C–N with tert-alkyl or cyclic N) is 1. The molecule has 0 unspecified atom stereocenters. The number of carboxylic acids is 1. The van der Waals surface area contributed by atoms with Crippen molar-refractivity contribution in [1.82, 2.24) is 34.3 Å². The summed E-state index contributed by atoms with van der Waals surface area (Å²) in [7, 11) is 1.90. The van der Waals surface area contributed by atoms with Gasteiger partial charge in [-0.05, 0) is 79.3 Å². The van der Waals surface area contributed by atoms with Crippen LogP contribution in [0.2, 0.25) is 5.02 Å². The number of amides is 1. The van der Waals surface area contributed by atoms with Crippen LogP contribution < -0.4 is 5.32 Å². The normalized spacial score (nSPS) is 20.5. The number of aliphatic hydroxyl groups excluding tert-OH is 1. The summed E-state index contributed by atoms with van der Waals surface area (Å²) in [4.78, 5) is 48.5. The van der Waals surface area contributed by atoms with Crippen LogP contribution in [0, 0.1) is 18.8 Å². The van der Waals surface area contributed by atoms with Gasteiger partial charge < -0.3 is 20.1 Å². The molecule has 0 spiro atoms. The highest BCUT2D eigenvalue weighted by molar-refractivity contribution is 6.36. The molecule has 3 N–H and O–H groups in total. The van der Waals surface area contributed by atoms with E-state index in [9.17, 15) is 19.8 Å². The number of carbonyl (C=O) groups excluding carboxylic acids is 1. The third kappa shape index (κ3) is 7.86. The minimum atomic E-state index is -0.675. The second-order valence-corrected chi connectivity index (χ2v) is 15.9. The van der Waals surface area contributed by atoms with Crippen LogP contribution in [0.5, 0.6) is 0 Å². The van der Waals surface area contributed by atoms with Crippen LogP contribution in [0.25, 0.3) is 22.2 Å². The van der Waals surface area contributed by atoms with Gasteiger partial charge in [0.25, 0.3) is 5.91 Å². The fraction of sp³-hybridized carbons (Fsp3) is 0.429. The van der Waals surface area contributed by atoms with Crippen LogP contribution in [0.4, 0.5) is 5.69 Å². The average Bonchev–Trinajstić information content (AvgIpc) is 3.74. The summed E-state index contributed by atoms with van der Waals surface area (Å²) < 4.78 is 1.90. The first-order valence-electron chi connectivity index (χ1n) is 19.3. The summed E-state index contributed by atoms with van der Waals surface area (Å²) in [6.45, 7) is 6.83. The first-order chi connectivity index (χ1) is 26.6. The zero-order valence-electron chi connectivity index (χ0n) is 31.3. The maximum atomic E-state index is 13.7. The Labute approximate surface area is 325 Å². The van der Waals surface area contributed by atoms with Gasteiger partial charge in [0.2, 0.25) is 0 Å². The molecule has 5 heterocycles. The number of halogens is 1. The van der Waals surface area contributed by atoms with Crippen molar-refractivity contribution in [2.75, 3.05) is 31.5 Å². The third-order valence-corrected chi connectivity index (χ3v) is 12.3. The number of nitrogens with zero attached hydrogens (tertiary/aromatic N) is 7. The average molecular weight is 763 g/mol. The third-order valence-electron chi connectivity index (χ3n) is 11.9. The molecule has 13 heteroatoms. The highest BCUT2D eigenvalue weighted by Gasteiger charge is 2.30. The lowest BCUT2D eigenvalue weighted by Gasteiger charge is -2.33. The van der Waals surface area contributed by atoms with E-state index in [4.69, 9.17) is 21.6 Å². The summed E-state index contributed by atoms with van der Waals surface area (Å²) in [5.41, 5.74) is 9.87. The number of imidazole rings is 1. The number of anilines is 1. The Morgan fingerprint density at radius 1 is 0.982 bits per heavy atom. The van der Waals surface area contributed by atoms with E-state index >= 15 is 0 Å². The molecule has 0 bridgehead atoms. The molecule has 0 radical (unpaired) electrons. The lowest BCUT2D eigenvalue weighted by atomic mass is 9.81. The SMILES string of the molecule is Cc1c(Cc2ncnc3cc(CN4CC[C@@H](O)C4)cnc23)cccc1-c1cccc(NC(=O)c2nc3c(n2C)CCN(CC2CCC(C(=O)O)CC2)C3)c1Cl. The van der Waals surface area contributed by atoms with Crippen LogP contribution in [0.15, 0.2) is 55.0 Å². The van der Waals surface area contributed by atoms with Crippen LogP contribution in [0.3, 0.4) is 0 Å². The number of aliphatic carboxylic acids is 1. The van der Waals surface area contributed by atoms with Crippen LogP contribution >= 0.6 is 11.6 Å². The number of likely N-dealkylation sites (tertiary alicyclic amines) is 1. The summed E-state index contributed by atoms with van der Waals surface area (Å²) in [6, 6.07) is 13.9. The number of nitrogens with one attached hydrogen (secondary N) is 1. The fourth-order valence-corrected chi connectivity index (χ4v) is 9.00. The van der Waals surface area contributed by atoms with Gasteiger partial charge >= 0.3 is 5.97 Å². The largest absolute Gasteiger partial charge is 0.481 e. The molecule has 1 saturated carbocycles. The molecule has 1 saturated heterocycles. The molecule has 1 atom stereocenters. The molecule has 1 aliphatic carbocycles. The van der Waals surface area contributed by atoms with Gasteiger partial charge in [-0.3, -0.25) is 24.4 Å². The van der Waals surface area contributed by atoms with E-state index < -0.39 is 5.97 Å². The standard InChI is InChI=1S/C42H47ClN8O4/c1-25-29(18-35-39-34(45-24-46-35)17-27(19-44-39)21-50-15-13-30(52)22-50)5-3-6-31(25)32-7-4-8-33(38(32)43)48-41(53)40-47-36-23-51(16-14-37(36)49(40)2)20-26-9-11-28(12-10-26)42(54)55/h3-8,17,19,24,26,28,30,52H,9-16,18,20-23H2,1-2H3,(H,48,53)(H,54,55)/t26?,28?,30-/m1/s1. The number of hydrogen-bond acceptors (Lipinski definition) is 9. The van der Waals surface area contributed by atoms with Crippen molar-refractivity contribution in [2.45, 2.75) is 71.1 Å². The van der Waals surface area contributed by atoms with Crippen molar-refractivity contribution in [3.63, 3.8) is 0 Å². The maximum absolute atomic E-state index is 13.7. The highest BCUT2D eigenvalue weighted by atomic mass is 35.5. The van der Waals surface area contributed by atoms with E-state index in [0.717, 1.165) is 121 Å². The van der Waals surface area contributed by atoms with Gasteiger partial charge in [0, 0.05) is 76.6 Å². The molecule has 2 aromatic carbocycles. The van der Waals surface area contributed by atoms with Gasteiger partial charge in [0.1, 0.15) is 11.8 Å². The zero-order chi connectivity index (χ0) is 38.2. The van der Waals surface area contributed by atoms with Crippen molar-refractivity contribution in [2.24, 2.45) is 18.9 Å². The number of aromatic nitrogens is 5. The monoisotopic (exact) mass is 762 g/mol. The molecular weight excluding hydrogens is 716 g/mol. The number of rotatable bonds is 10. The fourth-order valence-electron chi connectivity index (χ4n) is 8.73. The van der Waals surface area contributed by atoms with Gasteiger partial charge in [-0.1, -0.05) is 41.9 Å². The molecular formula is C42H47ClN8O4. The van der Waals surface area contributed by atoms with Gasteiger partial charge in [0.05, 0.1) is 39.6 Å². The molecule has 3 aromatic heterocycles. The molecule has 2 fully saturated rings. The van der Waals surface area contributed by atoms with Crippen molar-refractivity contribution < 1.29 is 19.8 Å². The minimum absolute atomic E-state index is 0.212. The predicted molar refractivity (Wildman–Crippen MR) is 211 cm³/mol. The van der Waals surface area contributed by atoms with E-state index in [-0.39, 0.29) is 17.9 Å². The molecule has 12 nitrogen and oxygen atoms in total. The Kier molecular flexibility index (Phi) is 10.7. The summed E-state index contributed by atoms with van der Waals surface area (Å²) in [6.07, 6.45) is 8.73. The molecule has 3 aliphatic rings. The number of carbonyl (C=O) groups is 2. The van der Waals surface area contributed by atoms with E-state index in [1.54, 1.807) is 6.33 Å². The van der Waals surface area contributed by atoms with Crippen molar-refractivity contribution in [3.05, 3.63) is 99.6 Å². The van der Waals surface area contributed by atoms with Crippen molar-refractivity contribution >= 4 is 40.2 Å². The molecule has 2 aliphatic heterocycles. The molecule has 286 valence electrons. The number of aliphatic hydroxyl groups is 1. The van der Waals surface area contributed by atoms with E-state index in [1.807, 2.05) is 48.1 Å². The highest BCUT2D eigenvalue weighted by Crippen LogP contribution is 2.37. The molecule has 5 aromatic rings. The smallest absolute Gasteiger partial charge is 0.306 e. The number of benzene rings is 2. The van der Waals surface area contributed by atoms with E-state index in [0.29, 0.717) is 42.0 Å². The maximum Gasteiger partial charge on any atom is 0.306 e. The zero-order valence-corrected chi connectivity index (χ0v) is 32.1. The Morgan fingerprint density at radius 2 is 1.78 bits per heavy atom. The summed E-state index contributed by atoms with van der Waals surface area (Å²) in [5, 5.41) is 22.8. The molecule has 1 amide bonds. The molecule has 55 heavy (non-hydrogen) atoms. The van der Waals surface area contributed by atoms with Gasteiger partial charge in [-0.15, -0.1) is 0 Å². The van der Waals surface area contributed by atoms with Gasteiger partial charge in [-0.2, -0.15) is 0 Å². The second-order valence-electron chi connectivity index (χ2n) is 15.5. The van der Waals surface area contributed by atoms with Gasteiger partial charge in [-0.25, -0.2) is 15.0 Å². The summed E-state index contributed by atoms with van der Waals surface area (Å²) >= 11 is 7.07. The number of pyridine rings is 1. The Balaban J connectivity index is 0.959. The second kappa shape index (κ2) is 15.8. The Bertz CT molecular complexity index is 2250. The van der Waals surface area contributed by atoms with Crippen molar-refractivity contribution in [3.8, 4) is 11.1 Å².